The fourth-order valence-corrected chi connectivity index (χ4v) is 3.20. The second kappa shape index (κ2) is 10.0. The zero-order chi connectivity index (χ0) is 22.3. The van der Waals surface area contributed by atoms with Gasteiger partial charge in [0, 0.05) is 13.1 Å². The molecule has 0 spiro atoms. The highest BCUT2D eigenvalue weighted by Gasteiger charge is 2.15. The molecule has 32 heavy (non-hydrogen) atoms. The lowest BCUT2D eigenvalue weighted by molar-refractivity contribution is 0.286. The van der Waals surface area contributed by atoms with E-state index in [0.29, 0.717) is 30.0 Å². The molecule has 10 nitrogen and oxygen atoms in total. The van der Waals surface area contributed by atoms with E-state index in [1.165, 1.54) is 10.1 Å². The Morgan fingerprint density at radius 3 is 2.62 bits per heavy atom. The number of benzene rings is 1. The maximum atomic E-state index is 12.5. The molecule has 0 aliphatic rings. The van der Waals surface area contributed by atoms with Gasteiger partial charge in [-0.2, -0.15) is 9.97 Å². The van der Waals surface area contributed by atoms with Crippen molar-refractivity contribution in [1.82, 2.24) is 34.8 Å². The summed E-state index contributed by atoms with van der Waals surface area (Å²) in [6.45, 7) is 4.10. The van der Waals surface area contributed by atoms with Crippen molar-refractivity contribution in [2.24, 2.45) is 0 Å². The molecule has 3 aromatic heterocycles. The standard InChI is InChI=1S/C22H26N8O2/c1-2-3-9-32-21-28-19(23)18-20(29-21)30(22(31)27-18)14-17-13-25-16(12-26-17)11-24-10-15-7-5-4-6-8-15/h4-8,12-13,24H,2-3,9-11,14H2,1H3,(H,27,31)(H2,23,28,29). The molecular weight excluding hydrogens is 408 g/mol. The number of nitrogens with zero attached hydrogens (tertiary/aromatic N) is 5. The Kier molecular flexibility index (Phi) is 6.71. The molecule has 0 amide bonds. The molecule has 0 atom stereocenters. The van der Waals surface area contributed by atoms with Crippen molar-refractivity contribution in [3.8, 4) is 6.01 Å². The van der Waals surface area contributed by atoms with Crippen LogP contribution in [0.5, 0.6) is 6.01 Å². The number of ether oxygens (including phenoxy) is 1. The number of nitrogen functional groups attached to an aromatic ring is 1. The van der Waals surface area contributed by atoms with E-state index in [1.807, 2.05) is 18.2 Å². The van der Waals surface area contributed by atoms with Crippen molar-refractivity contribution < 1.29 is 4.74 Å². The van der Waals surface area contributed by atoms with E-state index >= 15 is 0 Å². The average Bonchev–Trinajstić information content (AvgIpc) is 3.12. The zero-order valence-corrected chi connectivity index (χ0v) is 17.9. The van der Waals surface area contributed by atoms with Crippen molar-refractivity contribution in [2.75, 3.05) is 12.3 Å². The molecule has 0 unspecified atom stereocenters. The summed E-state index contributed by atoms with van der Waals surface area (Å²) in [6.07, 6.45) is 5.23. The smallest absolute Gasteiger partial charge is 0.328 e. The molecule has 10 heteroatoms. The van der Waals surface area contributed by atoms with Crippen LogP contribution in [-0.4, -0.2) is 36.1 Å². The highest BCUT2D eigenvalue weighted by Crippen LogP contribution is 2.18. The first-order chi connectivity index (χ1) is 15.6. The number of nitrogens with one attached hydrogen (secondary N) is 2. The lowest BCUT2D eigenvalue weighted by Crippen LogP contribution is -2.19. The molecule has 0 aliphatic carbocycles. The van der Waals surface area contributed by atoms with Crippen LogP contribution in [0.25, 0.3) is 11.2 Å². The van der Waals surface area contributed by atoms with E-state index in [2.05, 4.69) is 49.3 Å². The second-order valence-corrected chi connectivity index (χ2v) is 7.40. The topological polar surface area (TPSA) is 137 Å². The van der Waals surface area contributed by atoms with Gasteiger partial charge >= 0.3 is 11.7 Å². The van der Waals surface area contributed by atoms with Gasteiger partial charge in [-0.05, 0) is 12.0 Å². The van der Waals surface area contributed by atoms with E-state index in [-0.39, 0.29) is 24.1 Å². The summed E-state index contributed by atoms with van der Waals surface area (Å²) >= 11 is 0. The lowest BCUT2D eigenvalue weighted by atomic mass is 10.2. The summed E-state index contributed by atoms with van der Waals surface area (Å²) in [4.78, 5) is 32.6. The van der Waals surface area contributed by atoms with Crippen LogP contribution in [0.3, 0.4) is 0 Å². The fraction of sp³-hybridized carbons (Fsp3) is 0.318. The molecule has 0 radical (unpaired) electrons. The molecule has 0 saturated carbocycles. The van der Waals surface area contributed by atoms with Gasteiger partial charge in [-0.3, -0.25) is 14.5 Å². The highest BCUT2D eigenvalue weighted by molar-refractivity contribution is 5.81. The van der Waals surface area contributed by atoms with Crippen LogP contribution in [0.15, 0.2) is 47.5 Å². The number of nitrogens with two attached hydrogens (primary N) is 1. The molecule has 1 aromatic carbocycles. The number of hydrogen-bond acceptors (Lipinski definition) is 8. The first-order valence-electron chi connectivity index (χ1n) is 10.6. The number of imidazole rings is 1. The van der Waals surface area contributed by atoms with Crippen LogP contribution in [0, 0.1) is 0 Å². The summed E-state index contributed by atoms with van der Waals surface area (Å²) in [5.74, 6) is 0.170. The first kappa shape index (κ1) is 21.4. The summed E-state index contributed by atoms with van der Waals surface area (Å²) in [5, 5.41) is 3.34. The van der Waals surface area contributed by atoms with E-state index in [1.54, 1.807) is 12.4 Å². The van der Waals surface area contributed by atoms with Gasteiger partial charge < -0.3 is 20.8 Å². The van der Waals surface area contributed by atoms with Crippen molar-refractivity contribution in [3.63, 3.8) is 0 Å². The number of unbranched alkanes of at least 4 members (excludes halogenated alkanes) is 1. The fourth-order valence-electron chi connectivity index (χ4n) is 3.20. The van der Waals surface area contributed by atoms with Gasteiger partial charge in [-0.15, -0.1) is 0 Å². The SMILES string of the molecule is CCCCOc1nc(N)c2[nH]c(=O)n(Cc3cnc(CNCc4ccccc4)cn3)c2n1. The Morgan fingerprint density at radius 1 is 1.09 bits per heavy atom. The molecular formula is C22H26N8O2. The third-order valence-corrected chi connectivity index (χ3v) is 4.92. The van der Waals surface area contributed by atoms with Crippen LogP contribution in [-0.2, 0) is 19.6 Å². The Morgan fingerprint density at radius 2 is 1.88 bits per heavy atom. The number of aromatic nitrogens is 6. The maximum Gasteiger partial charge on any atom is 0.328 e. The number of H-pyrrole nitrogens is 1. The molecule has 0 saturated heterocycles. The van der Waals surface area contributed by atoms with E-state index in [9.17, 15) is 4.79 Å². The maximum absolute atomic E-state index is 12.5. The van der Waals surface area contributed by atoms with Crippen molar-refractivity contribution in [1.29, 1.82) is 0 Å². The van der Waals surface area contributed by atoms with Crippen LogP contribution in [0.2, 0.25) is 0 Å². The minimum absolute atomic E-state index is 0.155. The zero-order valence-electron chi connectivity index (χ0n) is 17.9. The first-order valence-corrected chi connectivity index (χ1v) is 10.6. The summed E-state index contributed by atoms with van der Waals surface area (Å²) in [5.41, 5.74) is 9.06. The number of aromatic amines is 1. The van der Waals surface area contributed by atoms with Crippen LogP contribution >= 0.6 is 0 Å². The van der Waals surface area contributed by atoms with Gasteiger partial charge in [-0.25, -0.2) is 4.79 Å². The Labute approximate surface area is 184 Å². The molecule has 3 heterocycles. The summed E-state index contributed by atoms with van der Waals surface area (Å²) < 4.78 is 7.02. The number of fused-ring (bicyclic) bond motifs is 1. The molecule has 4 N–H and O–H groups in total. The van der Waals surface area contributed by atoms with Crippen molar-refractivity contribution >= 4 is 17.0 Å². The molecule has 4 rings (SSSR count). The largest absolute Gasteiger partial charge is 0.463 e. The number of hydrogen-bond donors (Lipinski definition) is 3. The normalized spacial score (nSPS) is 11.2. The van der Waals surface area contributed by atoms with Crippen molar-refractivity contribution in [2.45, 2.75) is 39.4 Å². The quantitative estimate of drug-likeness (QED) is 0.322. The van der Waals surface area contributed by atoms with E-state index in [0.717, 1.165) is 25.1 Å². The molecule has 0 bridgehead atoms. The summed E-state index contributed by atoms with van der Waals surface area (Å²) in [7, 11) is 0. The number of rotatable bonds is 10. The van der Waals surface area contributed by atoms with Crippen LogP contribution in [0.1, 0.15) is 36.7 Å². The Hall–Kier alpha value is -3.79. The number of anilines is 1. The van der Waals surface area contributed by atoms with Gasteiger partial charge in [0.2, 0.25) is 0 Å². The van der Waals surface area contributed by atoms with E-state index < -0.39 is 0 Å². The predicted octanol–water partition coefficient (Wildman–Crippen LogP) is 2.01. The summed E-state index contributed by atoms with van der Waals surface area (Å²) in [6, 6.07) is 10.3. The average molecular weight is 435 g/mol. The third kappa shape index (κ3) is 5.09. The van der Waals surface area contributed by atoms with Gasteiger partial charge in [0.1, 0.15) is 5.52 Å². The second-order valence-electron chi connectivity index (χ2n) is 7.40. The Balaban J connectivity index is 1.45. The van der Waals surface area contributed by atoms with Gasteiger partial charge in [0.25, 0.3) is 0 Å². The van der Waals surface area contributed by atoms with Gasteiger partial charge in [0.15, 0.2) is 11.5 Å². The minimum Gasteiger partial charge on any atom is -0.463 e. The lowest BCUT2D eigenvalue weighted by Gasteiger charge is -2.07. The highest BCUT2D eigenvalue weighted by atomic mass is 16.5. The predicted molar refractivity (Wildman–Crippen MR) is 121 cm³/mol. The van der Waals surface area contributed by atoms with Crippen LogP contribution in [0.4, 0.5) is 5.82 Å². The third-order valence-electron chi connectivity index (χ3n) is 4.92. The Bertz CT molecular complexity index is 1220. The van der Waals surface area contributed by atoms with Gasteiger partial charge in [-0.1, -0.05) is 43.7 Å². The molecule has 4 aromatic rings. The monoisotopic (exact) mass is 434 g/mol. The minimum atomic E-state index is -0.345. The molecule has 0 fully saturated rings. The van der Waals surface area contributed by atoms with E-state index in [4.69, 9.17) is 10.5 Å². The van der Waals surface area contributed by atoms with Crippen molar-refractivity contribution in [3.05, 3.63) is 70.2 Å². The van der Waals surface area contributed by atoms with Gasteiger partial charge in [0.05, 0.1) is 36.9 Å². The van der Waals surface area contributed by atoms with Crippen LogP contribution < -0.4 is 21.5 Å². The molecule has 0 aliphatic heterocycles. The molecule has 166 valence electrons.